The minimum Gasteiger partial charge on any atom is -0.332 e. The number of carbonyl (C=O) groups is 1. The van der Waals surface area contributed by atoms with Crippen LogP contribution in [0.1, 0.15) is 18.9 Å². The van der Waals surface area contributed by atoms with Crippen LogP contribution in [0.25, 0.3) is 11.0 Å². The molecule has 0 spiro atoms. The zero-order chi connectivity index (χ0) is 11.1. The number of nitrogens with zero attached hydrogens (tertiary/aromatic N) is 3. The molecule has 1 N–H and O–H groups in total. The Bertz CT molecular complexity index is 573. The van der Waals surface area contributed by atoms with Gasteiger partial charge < -0.3 is 9.88 Å². The Balaban J connectivity index is 2.34. The highest BCUT2D eigenvalue weighted by Crippen LogP contribution is 2.28. The van der Waals surface area contributed by atoms with Gasteiger partial charge in [-0.05, 0) is 18.9 Å². The van der Waals surface area contributed by atoms with Gasteiger partial charge in [-0.3, -0.25) is 4.79 Å². The van der Waals surface area contributed by atoms with Crippen molar-refractivity contribution in [2.45, 2.75) is 26.3 Å². The number of hydrogen-bond donors (Lipinski definition) is 1. The number of rotatable bonds is 1. The highest BCUT2D eigenvalue weighted by atomic mass is 16.1. The summed E-state index contributed by atoms with van der Waals surface area (Å²) in [5, 5.41) is 3.82. The van der Waals surface area contributed by atoms with Crippen molar-refractivity contribution < 1.29 is 4.79 Å². The summed E-state index contributed by atoms with van der Waals surface area (Å²) in [4.78, 5) is 19.9. The lowest BCUT2D eigenvalue weighted by molar-refractivity contribution is -0.116. The molecule has 1 amide bonds. The lowest BCUT2D eigenvalue weighted by Crippen LogP contribution is -2.11. The van der Waals surface area contributed by atoms with Crippen molar-refractivity contribution in [3.8, 4) is 0 Å². The van der Waals surface area contributed by atoms with E-state index in [0.717, 1.165) is 29.6 Å². The van der Waals surface area contributed by atoms with Crippen LogP contribution in [-0.2, 0) is 17.8 Å². The molecular weight excluding hydrogens is 204 g/mol. The van der Waals surface area contributed by atoms with Crippen molar-refractivity contribution in [3.63, 3.8) is 0 Å². The molecular formula is C11H12N4O. The third kappa shape index (κ3) is 1.21. The van der Waals surface area contributed by atoms with E-state index in [4.69, 9.17) is 0 Å². The first-order valence-electron chi connectivity index (χ1n) is 5.42. The number of aryl methyl sites for hydroxylation is 2. The summed E-state index contributed by atoms with van der Waals surface area (Å²) in [6, 6.07) is 0. The molecule has 1 aliphatic heterocycles. The van der Waals surface area contributed by atoms with Crippen molar-refractivity contribution in [3.05, 3.63) is 18.1 Å². The van der Waals surface area contributed by atoms with E-state index in [0.29, 0.717) is 12.2 Å². The van der Waals surface area contributed by atoms with Crippen LogP contribution in [0.4, 0.5) is 5.82 Å². The summed E-state index contributed by atoms with van der Waals surface area (Å²) in [5.41, 5.74) is 2.07. The summed E-state index contributed by atoms with van der Waals surface area (Å²) >= 11 is 0. The Morgan fingerprint density at radius 3 is 3.12 bits per heavy atom. The van der Waals surface area contributed by atoms with E-state index >= 15 is 0 Å². The van der Waals surface area contributed by atoms with Gasteiger partial charge in [-0.25, -0.2) is 9.97 Å². The van der Waals surface area contributed by atoms with Crippen LogP contribution in [0, 0.1) is 0 Å². The molecule has 0 unspecified atom stereocenters. The van der Waals surface area contributed by atoms with Crippen molar-refractivity contribution in [1.82, 2.24) is 14.5 Å². The first-order chi connectivity index (χ1) is 7.79. The molecule has 0 aromatic carbocycles. The van der Waals surface area contributed by atoms with Gasteiger partial charge in [0.05, 0.1) is 5.39 Å². The Hall–Kier alpha value is -1.91. The Morgan fingerprint density at radius 1 is 1.44 bits per heavy atom. The minimum atomic E-state index is 0.0271. The van der Waals surface area contributed by atoms with Gasteiger partial charge >= 0.3 is 0 Å². The second kappa shape index (κ2) is 3.30. The number of nitrogens with one attached hydrogen (secondary N) is 1. The zero-order valence-corrected chi connectivity index (χ0v) is 9.03. The van der Waals surface area contributed by atoms with Gasteiger partial charge in [0.1, 0.15) is 17.8 Å². The average molecular weight is 216 g/mol. The third-order valence-electron chi connectivity index (χ3n) is 2.95. The maximum absolute atomic E-state index is 11.5. The number of hydrogen-bond acceptors (Lipinski definition) is 3. The molecule has 0 radical (unpaired) electrons. The molecule has 82 valence electrons. The standard InChI is InChI=1S/C11H12N4O/c1-2-15-5-7-3-4-8(16)14-10-9(7)11(15)13-6-12-10/h5-6H,2-4H2,1H3,(H,12,13,14,16). The number of carbonyl (C=O) groups excluding carboxylic acids is 1. The van der Waals surface area contributed by atoms with Gasteiger partial charge in [0.15, 0.2) is 0 Å². The van der Waals surface area contributed by atoms with E-state index in [1.165, 1.54) is 6.33 Å². The monoisotopic (exact) mass is 216 g/mol. The maximum atomic E-state index is 11.5. The molecule has 5 nitrogen and oxygen atoms in total. The smallest absolute Gasteiger partial charge is 0.225 e. The summed E-state index contributed by atoms with van der Waals surface area (Å²) in [6.07, 6.45) is 4.84. The quantitative estimate of drug-likeness (QED) is 0.782. The lowest BCUT2D eigenvalue weighted by atomic mass is 10.1. The summed E-state index contributed by atoms with van der Waals surface area (Å²) in [6.45, 7) is 2.95. The lowest BCUT2D eigenvalue weighted by Gasteiger charge is -2.03. The highest BCUT2D eigenvalue weighted by molar-refractivity contribution is 6.02. The number of anilines is 1. The van der Waals surface area contributed by atoms with E-state index in [-0.39, 0.29) is 5.91 Å². The summed E-state index contributed by atoms with van der Waals surface area (Å²) < 4.78 is 2.09. The molecule has 0 saturated carbocycles. The van der Waals surface area contributed by atoms with Crippen LogP contribution < -0.4 is 5.32 Å². The molecule has 0 fully saturated rings. The van der Waals surface area contributed by atoms with Gasteiger partial charge in [-0.2, -0.15) is 0 Å². The fourth-order valence-electron chi connectivity index (χ4n) is 2.17. The molecule has 0 atom stereocenters. The van der Waals surface area contributed by atoms with E-state index in [1.807, 2.05) is 0 Å². The van der Waals surface area contributed by atoms with Crippen LogP contribution in [0.5, 0.6) is 0 Å². The van der Waals surface area contributed by atoms with Crippen LogP contribution in [0.2, 0.25) is 0 Å². The van der Waals surface area contributed by atoms with Gasteiger partial charge in [-0.1, -0.05) is 0 Å². The van der Waals surface area contributed by atoms with Gasteiger partial charge in [0, 0.05) is 19.2 Å². The van der Waals surface area contributed by atoms with Crippen LogP contribution in [0.3, 0.4) is 0 Å². The fourth-order valence-corrected chi connectivity index (χ4v) is 2.17. The molecule has 2 aromatic heterocycles. The Kier molecular flexibility index (Phi) is 1.92. The summed E-state index contributed by atoms with van der Waals surface area (Å²) in [7, 11) is 0. The maximum Gasteiger partial charge on any atom is 0.225 e. The normalized spacial score (nSPS) is 14.9. The SMILES string of the molecule is CCn1cc2c3c(ncnc31)NC(=O)CC2. The van der Waals surface area contributed by atoms with Crippen molar-refractivity contribution in [2.75, 3.05) is 5.32 Å². The molecule has 0 bridgehead atoms. The molecule has 16 heavy (non-hydrogen) atoms. The second-order valence-electron chi connectivity index (χ2n) is 3.91. The Morgan fingerprint density at radius 2 is 2.31 bits per heavy atom. The van der Waals surface area contributed by atoms with Crippen LogP contribution >= 0.6 is 0 Å². The van der Waals surface area contributed by atoms with Gasteiger partial charge in [0.2, 0.25) is 5.91 Å². The predicted octanol–water partition coefficient (Wildman–Crippen LogP) is 1.34. The van der Waals surface area contributed by atoms with Crippen molar-refractivity contribution >= 4 is 22.8 Å². The van der Waals surface area contributed by atoms with Crippen LogP contribution in [0.15, 0.2) is 12.5 Å². The predicted molar refractivity (Wildman–Crippen MR) is 60.2 cm³/mol. The van der Waals surface area contributed by atoms with E-state index in [2.05, 4.69) is 33.0 Å². The molecule has 3 heterocycles. The number of aromatic nitrogens is 3. The fraction of sp³-hybridized carbons (Fsp3) is 0.364. The van der Waals surface area contributed by atoms with E-state index < -0.39 is 0 Å². The van der Waals surface area contributed by atoms with Gasteiger partial charge in [-0.15, -0.1) is 0 Å². The first-order valence-corrected chi connectivity index (χ1v) is 5.42. The van der Waals surface area contributed by atoms with Gasteiger partial charge in [0.25, 0.3) is 0 Å². The number of amides is 1. The molecule has 5 heteroatoms. The molecule has 2 aromatic rings. The zero-order valence-electron chi connectivity index (χ0n) is 9.03. The molecule has 3 rings (SSSR count). The topological polar surface area (TPSA) is 59.8 Å². The Labute approximate surface area is 92.5 Å². The largest absolute Gasteiger partial charge is 0.332 e. The van der Waals surface area contributed by atoms with E-state index in [9.17, 15) is 4.79 Å². The molecule has 1 aliphatic rings. The van der Waals surface area contributed by atoms with Crippen LogP contribution in [-0.4, -0.2) is 20.4 Å². The van der Waals surface area contributed by atoms with Crippen molar-refractivity contribution in [2.24, 2.45) is 0 Å². The average Bonchev–Trinajstić information content (AvgIpc) is 2.57. The summed E-state index contributed by atoms with van der Waals surface area (Å²) in [5.74, 6) is 0.675. The van der Waals surface area contributed by atoms with Crippen molar-refractivity contribution in [1.29, 1.82) is 0 Å². The highest BCUT2D eigenvalue weighted by Gasteiger charge is 2.19. The molecule has 0 aliphatic carbocycles. The second-order valence-corrected chi connectivity index (χ2v) is 3.91. The molecule has 0 saturated heterocycles. The third-order valence-corrected chi connectivity index (χ3v) is 2.95. The van der Waals surface area contributed by atoms with E-state index in [1.54, 1.807) is 0 Å². The first kappa shape index (κ1) is 9.33. The minimum absolute atomic E-state index is 0.0271.